The quantitative estimate of drug-likeness (QED) is 0.449. The van der Waals surface area contributed by atoms with E-state index < -0.39 is 11.6 Å². The zero-order valence-electron chi connectivity index (χ0n) is 18.0. The Morgan fingerprint density at radius 3 is 2.56 bits per heavy atom. The molecule has 9 heteroatoms. The lowest BCUT2D eigenvalue weighted by molar-refractivity contribution is 0.0948. The number of nitrogen functional groups attached to an aromatic ring is 1. The summed E-state index contributed by atoms with van der Waals surface area (Å²) in [6.45, 7) is 0.264. The number of nitrogens with one attached hydrogen (secondary N) is 1. The minimum atomic E-state index is -0.855. The van der Waals surface area contributed by atoms with E-state index >= 15 is 0 Å². The number of nitriles is 1. The molecule has 7 nitrogen and oxygen atoms in total. The minimum Gasteiger partial charge on any atom is -0.496 e. The average Bonchev–Trinajstić information content (AvgIpc) is 3.18. The molecule has 0 radical (unpaired) electrons. The van der Waals surface area contributed by atoms with Crippen LogP contribution in [0.5, 0.6) is 5.75 Å². The number of hydrogen-bond acceptors (Lipinski definition) is 5. The predicted octanol–water partition coefficient (Wildman–Crippen LogP) is 4.21. The van der Waals surface area contributed by atoms with Gasteiger partial charge in [0.25, 0.3) is 5.91 Å². The summed E-state index contributed by atoms with van der Waals surface area (Å²) in [6, 6.07) is 18.9. The van der Waals surface area contributed by atoms with E-state index in [-0.39, 0.29) is 35.2 Å². The number of carbonyl (C=O) groups excluding carboxylic acids is 1. The lowest BCUT2D eigenvalue weighted by Crippen LogP contribution is -2.23. The van der Waals surface area contributed by atoms with Crippen molar-refractivity contribution in [2.45, 2.75) is 6.54 Å². The van der Waals surface area contributed by atoms with Gasteiger partial charge in [-0.3, -0.25) is 4.79 Å². The third-order valence-corrected chi connectivity index (χ3v) is 5.20. The van der Waals surface area contributed by atoms with Gasteiger partial charge in [-0.15, -0.1) is 0 Å². The van der Waals surface area contributed by atoms with Crippen LogP contribution in [0.15, 0.2) is 66.7 Å². The Morgan fingerprint density at radius 2 is 1.88 bits per heavy atom. The second-order valence-electron chi connectivity index (χ2n) is 7.31. The first-order valence-corrected chi connectivity index (χ1v) is 10.2. The molecule has 0 bridgehead atoms. The van der Waals surface area contributed by atoms with Crippen molar-refractivity contribution < 1.29 is 18.3 Å². The maximum atomic E-state index is 14.3. The van der Waals surface area contributed by atoms with Gasteiger partial charge in [0, 0.05) is 18.2 Å². The fraction of sp³-hybridized carbons (Fsp3) is 0.0800. The predicted molar refractivity (Wildman–Crippen MR) is 122 cm³/mol. The molecule has 0 aliphatic carbocycles. The van der Waals surface area contributed by atoms with Gasteiger partial charge in [-0.2, -0.15) is 10.4 Å². The van der Waals surface area contributed by atoms with E-state index in [1.165, 1.54) is 13.2 Å². The molecular weight excluding hydrogens is 440 g/mol. The highest BCUT2D eigenvalue weighted by atomic mass is 19.1. The summed E-state index contributed by atoms with van der Waals surface area (Å²) in [6.07, 6.45) is 0. The number of para-hydroxylation sites is 1. The summed E-state index contributed by atoms with van der Waals surface area (Å²) in [5.41, 5.74) is 8.10. The fourth-order valence-corrected chi connectivity index (χ4v) is 3.47. The van der Waals surface area contributed by atoms with Crippen molar-refractivity contribution in [3.05, 3.63) is 95.1 Å². The smallest absolute Gasteiger partial charge is 0.255 e. The van der Waals surface area contributed by atoms with Crippen LogP contribution < -0.4 is 15.8 Å². The van der Waals surface area contributed by atoms with E-state index in [4.69, 9.17) is 10.5 Å². The molecule has 1 amide bonds. The van der Waals surface area contributed by atoms with Crippen molar-refractivity contribution >= 4 is 11.7 Å². The van der Waals surface area contributed by atoms with Crippen LogP contribution in [0.3, 0.4) is 0 Å². The SMILES string of the molecule is COc1ccccc1C(=O)NCc1ccc(-c2nn(-c3ccc(F)cc3F)c(N)c2C#N)cc1. The van der Waals surface area contributed by atoms with Crippen molar-refractivity contribution in [2.75, 3.05) is 12.8 Å². The van der Waals surface area contributed by atoms with E-state index in [0.717, 1.165) is 22.4 Å². The van der Waals surface area contributed by atoms with Crippen molar-refractivity contribution in [3.8, 4) is 28.8 Å². The zero-order chi connectivity index (χ0) is 24.2. The first-order chi connectivity index (χ1) is 16.4. The van der Waals surface area contributed by atoms with Crippen LogP contribution in [0.25, 0.3) is 16.9 Å². The molecule has 0 aliphatic heterocycles. The van der Waals surface area contributed by atoms with Crippen molar-refractivity contribution in [1.82, 2.24) is 15.1 Å². The van der Waals surface area contributed by atoms with Gasteiger partial charge >= 0.3 is 0 Å². The van der Waals surface area contributed by atoms with Crippen LogP contribution in [-0.4, -0.2) is 22.8 Å². The second-order valence-corrected chi connectivity index (χ2v) is 7.31. The van der Waals surface area contributed by atoms with Gasteiger partial charge in [0.1, 0.15) is 40.4 Å². The standard InChI is InChI=1S/C25H19F2N5O2/c1-34-22-5-3-2-4-18(22)25(33)30-14-15-6-8-16(9-7-15)23-19(13-28)24(29)32(31-23)21-11-10-17(26)12-20(21)27/h2-12H,14,29H2,1H3,(H,30,33). The van der Waals surface area contributed by atoms with Crippen LogP contribution in [0.4, 0.5) is 14.6 Å². The lowest BCUT2D eigenvalue weighted by Gasteiger charge is -2.09. The number of nitrogens with two attached hydrogens (primary N) is 1. The summed E-state index contributed by atoms with van der Waals surface area (Å²) in [5.74, 6) is -1.45. The Labute approximate surface area is 194 Å². The zero-order valence-corrected chi connectivity index (χ0v) is 18.0. The first kappa shape index (κ1) is 22.5. The highest BCUT2D eigenvalue weighted by molar-refractivity contribution is 5.96. The molecular formula is C25H19F2N5O2. The van der Waals surface area contributed by atoms with Gasteiger partial charge in [0.15, 0.2) is 5.82 Å². The summed E-state index contributed by atoms with van der Waals surface area (Å²) in [4.78, 5) is 12.5. The summed E-state index contributed by atoms with van der Waals surface area (Å²) < 4.78 is 33.8. The fourth-order valence-electron chi connectivity index (χ4n) is 3.47. The van der Waals surface area contributed by atoms with Crippen LogP contribution in [0, 0.1) is 23.0 Å². The number of hydrogen-bond donors (Lipinski definition) is 2. The average molecular weight is 459 g/mol. The van der Waals surface area contributed by atoms with Crippen LogP contribution in [0.2, 0.25) is 0 Å². The Hall–Kier alpha value is -4.71. The number of nitrogens with zero attached hydrogens (tertiary/aromatic N) is 3. The van der Waals surface area contributed by atoms with Crippen LogP contribution in [0.1, 0.15) is 21.5 Å². The van der Waals surface area contributed by atoms with E-state index in [1.807, 2.05) is 6.07 Å². The normalized spacial score (nSPS) is 10.5. The van der Waals surface area contributed by atoms with Crippen molar-refractivity contribution in [2.24, 2.45) is 0 Å². The molecule has 34 heavy (non-hydrogen) atoms. The number of methoxy groups -OCH3 is 1. The molecule has 0 fully saturated rings. The molecule has 3 aromatic carbocycles. The molecule has 1 aromatic heterocycles. The molecule has 0 unspecified atom stereocenters. The van der Waals surface area contributed by atoms with E-state index in [2.05, 4.69) is 10.4 Å². The molecule has 4 aromatic rings. The Kier molecular flexibility index (Phi) is 6.23. The minimum absolute atomic E-state index is 0.0591. The molecule has 0 atom stereocenters. The third kappa shape index (κ3) is 4.29. The number of anilines is 1. The number of halogens is 2. The Morgan fingerprint density at radius 1 is 1.15 bits per heavy atom. The monoisotopic (exact) mass is 459 g/mol. The highest BCUT2D eigenvalue weighted by Crippen LogP contribution is 2.30. The summed E-state index contributed by atoms with van der Waals surface area (Å²) in [5, 5.41) is 16.7. The van der Waals surface area contributed by atoms with Crippen LogP contribution >= 0.6 is 0 Å². The van der Waals surface area contributed by atoms with Crippen LogP contribution in [-0.2, 0) is 6.54 Å². The molecule has 1 heterocycles. The second kappa shape index (κ2) is 9.42. The molecule has 4 rings (SSSR count). The molecule has 0 saturated heterocycles. The van der Waals surface area contributed by atoms with E-state index in [1.54, 1.807) is 48.5 Å². The number of rotatable bonds is 6. The molecule has 3 N–H and O–H groups in total. The van der Waals surface area contributed by atoms with Gasteiger partial charge in [0.05, 0.1) is 12.7 Å². The maximum Gasteiger partial charge on any atom is 0.255 e. The van der Waals surface area contributed by atoms with Gasteiger partial charge in [-0.25, -0.2) is 13.5 Å². The van der Waals surface area contributed by atoms with Crippen molar-refractivity contribution in [3.63, 3.8) is 0 Å². The highest BCUT2D eigenvalue weighted by Gasteiger charge is 2.20. The number of benzene rings is 3. The number of carbonyl (C=O) groups is 1. The van der Waals surface area contributed by atoms with Crippen molar-refractivity contribution in [1.29, 1.82) is 5.26 Å². The molecule has 0 spiro atoms. The van der Waals surface area contributed by atoms with E-state index in [9.17, 15) is 18.8 Å². The Balaban J connectivity index is 1.56. The molecule has 170 valence electrons. The van der Waals surface area contributed by atoms with E-state index in [0.29, 0.717) is 16.9 Å². The third-order valence-electron chi connectivity index (χ3n) is 5.20. The van der Waals surface area contributed by atoms with Gasteiger partial charge < -0.3 is 15.8 Å². The lowest BCUT2D eigenvalue weighted by atomic mass is 10.1. The van der Waals surface area contributed by atoms with Gasteiger partial charge in [-0.05, 0) is 29.8 Å². The number of ether oxygens (including phenoxy) is 1. The number of amides is 1. The van der Waals surface area contributed by atoms with Gasteiger partial charge in [0.2, 0.25) is 0 Å². The van der Waals surface area contributed by atoms with Gasteiger partial charge in [-0.1, -0.05) is 36.4 Å². The largest absolute Gasteiger partial charge is 0.496 e. The number of aromatic nitrogens is 2. The maximum absolute atomic E-state index is 14.3. The molecule has 0 aliphatic rings. The Bertz CT molecular complexity index is 1410. The molecule has 0 saturated carbocycles. The summed E-state index contributed by atoms with van der Waals surface area (Å²) >= 11 is 0. The first-order valence-electron chi connectivity index (χ1n) is 10.2. The summed E-state index contributed by atoms with van der Waals surface area (Å²) in [7, 11) is 1.50. The topological polar surface area (TPSA) is 106 Å².